The minimum atomic E-state index is 0.971. The second-order valence-corrected chi connectivity index (χ2v) is 13.4. The van der Waals surface area contributed by atoms with E-state index in [0.717, 1.165) is 56.3 Å². The Balaban J connectivity index is 1.72. The molecule has 0 fully saturated rings. The SMILES string of the molecule is [Si]c1c([Si])c([Si])c2c(Br)c3c(Br)c(Br)c4cc5cc6ccccc6cc5cc4c3cc2c1-c1ccccc1. The molecule has 175 valence electrons. The molecule has 0 spiro atoms. The third kappa shape index (κ3) is 3.61. The minimum Gasteiger partial charge on any atom is -0.0691 e. The van der Waals surface area contributed by atoms with E-state index in [9.17, 15) is 0 Å². The van der Waals surface area contributed by atoms with E-state index >= 15 is 0 Å². The van der Waals surface area contributed by atoms with Crippen molar-refractivity contribution in [2.24, 2.45) is 0 Å². The van der Waals surface area contributed by atoms with Crippen LogP contribution in [0.2, 0.25) is 0 Å². The van der Waals surface area contributed by atoms with Crippen molar-refractivity contribution in [1.82, 2.24) is 0 Å². The van der Waals surface area contributed by atoms with Crippen LogP contribution in [-0.2, 0) is 0 Å². The molecule has 38 heavy (non-hydrogen) atoms. The van der Waals surface area contributed by atoms with Crippen molar-refractivity contribution >= 4 is 148 Å². The third-order valence-electron chi connectivity index (χ3n) is 7.38. The van der Waals surface area contributed by atoms with Crippen LogP contribution < -0.4 is 15.6 Å². The van der Waals surface area contributed by atoms with Gasteiger partial charge in [0.1, 0.15) is 0 Å². The summed E-state index contributed by atoms with van der Waals surface area (Å²) >= 11 is 11.9. The van der Waals surface area contributed by atoms with Gasteiger partial charge in [0.25, 0.3) is 0 Å². The number of rotatable bonds is 1. The maximum absolute atomic E-state index is 4.03. The van der Waals surface area contributed by atoms with Crippen LogP contribution in [0, 0.1) is 0 Å². The molecule has 0 aromatic heterocycles. The highest BCUT2D eigenvalue weighted by Crippen LogP contribution is 2.47. The zero-order valence-corrected chi connectivity index (χ0v) is 27.5. The van der Waals surface area contributed by atoms with Gasteiger partial charge in [-0.3, -0.25) is 0 Å². The second-order valence-electron chi connectivity index (χ2n) is 9.47. The molecule has 0 N–H and O–H groups in total. The summed E-state index contributed by atoms with van der Waals surface area (Å²) in [5, 5.41) is 14.9. The van der Waals surface area contributed by atoms with Crippen molar-refractivity contribution in [1.29, 1.82) is 0 Å². The van der Waals surface area contributed by atoms with E-state index in [1.165, 1.54) is 37.7 Å². The van der Waals surface area contributed by atoms with E-state index in [1.807, 2.05) is 0 Å². The van der Waals surface area contributed by atoms with Crippen molar-refractivity contribution in [2.45, 2.75) is 0 Å². The molecular weight excluding hydrogens is 708 g/mol. The first-order chi connectivity index (χ1) is 18.3. The molecule has 7 aromatic rings. The summed E-state index contributed by atoms with van der Waals surface area (Å²) in [6.07, 6.45) is 0. The molecule has 0 aliphatic carbocycles. The van der Waals surface area contributed by atoms with Crippen LogP contribution in [0.3, 0.4) is 0 Å². The zero-order chi connectivity index (χ0) is 26.3. The van der Waals surface area contributed by atoms with E-state index < -0.39 is 0 Å². The zero-order valence-electron chi connectivity index (χ0n) is 19.7. The molecule has 6 heteroatoms. The first-order valence-electron chi connectivity index (χ1n) is 11.9. The van der Waals surface area contributed by atoms with Gasteiger partial charge in [-0.1, -0.05) is 70.2 Å². The van der Waals surface area contributed by atoms with Crippen molar-refractivity contribution in [2.75, 3.05) is 0 Å². The molecule has 0 saturated carbocycles. The summed E-state index contributed by atoms with van der Waals surface area (Å²) < 4.78 is 3.11. The van der Waals surface area contributed by atoms with Crippen LogP contribution in [0.1, 0.15) is 0 Å². The van der Waals surface area contributed by atoms with Crippen LogP contribution in [0.5, 0.6) is 0 Å². The molecule has 7 aromatic carbocycles. The van der Waals surface area contributed by atoms with E-state index in [2.05, 4.69) is 163 Å². The fourth-order valence-electron chi connectivity index (χ4n) is 5.56. The molecule has 0 saturated heterocycles. The minimum absolute atomic E-state index is 0.971. The standard InChI is InChI=1S/C32H14Br3Si3/c33-27-22-13-19-11-17-9-5-4-8-16(17)10-18(19)12-20(22)21-14-23-24(15-6-2-1-3-7-15)30(36)32(38)31(37)26(23)28(34)25(21)29(27)35/h1-14H. The predicted octanol–water partition coefficient (Wildman–Crippen LogP) is 7.79. The number of fused-ring (bicyclic) bond motifs is 6. The lowest BCUT2D eigenvalue weighted by Gasteiger charge is -2.21. The van der Waals surface area contributed by atoms with Crippen molar-refractivity contribution < 1.29 is 0 Å². The van der Waals surface area contributed by atoms with Crippen LogP contribution >= 0.6 is 47.8 Å². The molecule has 0 unspecified atom stereocenters. The average molecular weight is 722 g/mol. The quantitative estimate of drug-likeness (QED) is 0.0923. The van der Waals surface area contributed by atoms with E-state index in [1.54, 1.807) is 0 Å². The molecule has 0 atom stereocenters. The average Bonchev–Trinajstić information content (AvgIpc) is 2.93. The Hall–Kier alpha value is -2.07. The lowest BCUT2D eigenvalue weighted by Crippen LogP contribution is -2.40. The maximum Gasteiger partial charge on any atom is 0.0719 e. The first-order valence-corrected chi connectivity index (χ1v) is 15.8. The van der Waals surface area contributed by atoms with Gasteiger partial charge in [-0.25, -0.2) is 0 Å². The van der Waals surface area contributed by atoms with Gasteiger partial charge in [0, 0.05) is 18.8 Å². The largest absolute Gasteiger partial charge is 0.0719 e. The molecule has 0 aliphatic heterocycles. The highest BCUT2D eigenvalue weighted by molar-refractivity contribution is 9.13. The molecule has 0 bridgehead atoms. The fraction of sp³-hybridized carbons (Fsp3) is 0. The highest BCUT2D eigenvalue weighted by atomic mass is 79.9. The summed E-state index contributed by atoms with van der Waals surface area (Å²) in [6, 6.07) is 30.6. The molecule has 0 heterocycles. The van der Waals surface area contributed by atoms with Gasteiger partial charge in [0.05, 0.1) is 30.7 Å². The summed E-state index contributed by atoms with van der Waals surface area (Å²) in [5.74, 6) is 0. The topological polar surface area (TPSA) is 0 Å². The Bertz CT molecular complexity index is 2140. The monoisotopic (exact) mass is 719 g/mol. The Morgan fingerprint density at radius 3 is 1.68 bits per heavy atom. The Kier molecular flexibility index (Phi) is 6.07. The smallest absolute Gasteiger partial charge is 0.0691 e. The highest BCUT2D eigenvalue weighted by Gasteiger charge is 2.21. The van der Waals surface area contributed by atoms with E-state index in [-0.39, 0.29) is 0 Å². The van der Waals surface area contributed by atoms with Gasteiger partial charge in [-0.15, -0.1) is 0 Å². The van der Waals surface area contributed by atoms with Crippen LogP contribution in [0.25, 0.3) is 65.0 Å². The van der Waals surface area contributed by atoms with Gasteiger partial charge in [0.15, 0.2) is 0 Å². The van der Waals surface area contributed by atoms with Crippen LogP contribution in [0.4, 0.5) is 0 Å². The predicted molar refractivity (Wildman–Crippen MR) is 179 cm³/mol. The second kappa shape index (κ2) is 9.25. The normalized spacial score (nSPS) is 11.9. The molecule has 7 rings (SSSR count). The molecule has 0 aliphatic rings. The maximum atomic E-state index is 4.03. The number of halogens is 3. The summed E-state index contributed by atoms with van der Waals surface area (Å²) in [5.41, 5.74) is 2.29. The molecular formula is C32H14Br3Si3. The Labute approximate surface area is 255 Å². The number of hydrogen-bond donors (Lipinski definition) is 0. The van der Waals surface area contributed by atoms with E-state index in [0.29, 0.717) is 0 Å². The lowest BCUT2D eigenvalue weighted by atomic mass is 9.92. The van der Waals surface area contributed by atoms with Crippen molar-refractivity contribution in [3.63, 3.8) is 0 Å². The van der Waals surface area contributed by atoms with Gasteiger partial charge < -0.3 is 0 Å². The van der Waals surface area contributed by atoms with Crippen molar-refractivity contribution in [3.8, 4) is 11.1 Å². The van der Waals surface area contributed by atoms with Gasteiger partial charge >= 0.3 is 0 Å². The Morgan fingerprint density at radius 1 is 0.421 bits per heavy atom. The first kappa shape index (κ1) is 24.9. The van der Waals surface area contributed by atoms with Crippen molar-refractivity contribution in [3.05, 3.63) is 98.3 Å². The van der Waals surface area contributed by atoms with E-state index in [4.69, 9.17) is 0 Å². The Morgan fingerprint density at radius 2 is 1.03 bits per heavy atom. The summed E-state index contributed by atoms with van der Waals surface area (Å²) in [7, 11) is 11.8. The molecule has 9 radical (unpaired) electrons. The van der Waals surface area contributed by atoms with Gasteiger partial charge in [-0.05, 0) is 138 Å². The lowest BCUT2D eigenvalue weighted by molar-refractivity contribution is 1.68. The molecule has 0 amide bonds. The summed E-state index contributed by atoms with van der Waals surface area (Å²) in [6.45, 7) is 0. The molecule has 0 nitrogen and oxygen atoms in total. The fourth-order valence-corrected chi connectivity index (χ4v) is 9.15. The number of hydrogen-bond acceptors (Lipinski definition) is 0. The van der Waals surface area contributed by atoms with Gasteiger partial charge in [0.2, 0.25) is 0 Å². The van der Waals surface area contributed by atoms with Crippen LogP contribution in [-0.4, -0.2) is 30.7 Å². The summed E-state index contributed by atoms with van der Waals surface area (Å²) in [4.78, 5) is 0. The van der Waals surface area contributed by atoms with Gasteiger partial charge in [-0.2, -0.15) is 0 Å². The third-order valence-corrected chi connectivity index (χ3v) is 12.3. The number of benzene rings is 7. The van der Waals surface area contributed by atoms with Crippen LogP contribution in [0.15, 0.2) is 98.3 Å².